The summed E-state index contributed by atoms with van der Waals surface area (Å²) in [6.45, 7) is 8.39. The molecule has 1 aliphatic heterocycles. The maximum atomic E-state index is 11.5. The van der Waals surface area contributed by atoms with Crippen LogP contribution in [0.5, 0.6) is 0 Å². The molecule has 2 nitrogen and oxygen atoms in total. The van der Waals surface area contributed by atoms with E-state index in [1.165, 1.54) is 0 Å². The van der Waals surface area contributed by atoms with E-state index in [0.717, 1.165) is 12.2 Å². The molecule has 2 atom stereocenters. The molecule has 1 fully saturated rings. The zero-order chi connectivity index (χ0) is 10.1. The van der Waals surface area contributed by atoms with E-state index in [1.54, 1.807) is 0 Å². The van der Waals surface area contributed by atoms with Crippen molar-refractivity contribution >= 4 is 17.7 Å². The first-order valence-corrected chi connectivity index (χ1v) is 5.90. The summed E-state index contributed by atoms with van der Waals surface area (Å²) >= 11 is 1.92. The fourth-order valence-electron chi connectivity index (χ4n) is 1.21. The van der Waals surface area contributed by atoms with Crippen molar-refractivity contribution in [1.29, 1.82) is 0 Å². The van der Waals surface area contributed by atoms with E-state index < -0.39 is 0 Å². The monoisotopic (exact) mass is 201 g/mol. The van der Waals surface area contributed by atoms with Crippen molar-refractivity contribution in [3.05, 3.63) is 0 Å². The van der Waals surface area contributed by atoms with E-state index in [4.69, 9.17) is 0 Å². The standard InChI is InChI=1S/C10H19NOS/c1-5-7(2)9(12)11-8-6-13-10(8,3)4/h7-8H,5-6H2,1-4H3,(H,11,12). The maximum Gasteiger partial charge on any atom is 0.223 e. The molecule has 1 N–H and O–H groups in total. The van der Waals surface area contributed by atoms with Crippen LogP contribution in [0, 0.1) is 5.92 Å². The molecule has 0 aromatic heterocycles. The van der Waals surface area contributed by atoms with Crippen LogP contribution >= 0.6 is 11.8 Å². The van der Waals surface area contributed by atoms with Gasteiger partial charge in [-0.05, 0) is 20.3 Å². The van der Waals surface area contributed by atoms with Crippen LogP contribution in [-0.2, 0) is 4.79 Å². The van der Waals surface area contributed by atoms with Crippen LogP contribution in [0.15, 0.2) is 0 Å². The first-order chi connectivity index (χ1) is 5.97. The fourth-order valence-corrected chi connectivity index (χ4v) is 2.36. The lowest BCUT2D eigenvalue weighted by Crippen LogP contribution is -2.57. The van der Waals surface area contributed by atoms with E-state index in [-0.39, 0.29) is 16.6 Å². The van der Waals surface area contributed by atoms with Crippen molar-refractivity contribution in [3.8, 4) is 0 Å². The van der Waals surface area contributed by atoms with Gasteiger partial charge in [0.15, 0.2) is 0 Å². The highest BCUT2D eigenvalue weighted by Crippen LogP contribution is 2.39. The molecule has 13 heavy (non-hydrogen) atoms. The molecular formula is C10H19NOS. The predicted molar refractivity (Wildman–Crippen MR) is 57.9 cm³/mol. The summed E-state index contributed by atoms with van der Waals surface area (Å²) in [4.78, 5) is 11.5. The molecule has 0 radical (unpaired) electrons. The highest BCUT2D eigenvalue weighted by atomic mass is 32.2. The summed E-state index contributed by atoms with van der Waals surface area (Å²) in [5.74, 6) is 1.43. The number of nitrogens with one attached hydrogen (secondary N) is 1. The number of hydrogen-bond acceptors (Lipinski definition) is 2. The van der Waals surface area contributed by atoms with Crippen LogP contribution in [-0.4, -0.2) is 22.4 Å². The topological polar surface area (TPSA) is 29.1 Å². The number of carbonyl (C=O) groups is 1. The minimum atomic E-state index is 0.154. The van der Waals surface area contributed by atoms with Gasteiger partial charge in [-0.15, -0.1) is 0 Å². The van der Waals surface area contributed by atoms with Gasteiger partial charge in [0, 0.05) is 16.4 Å². The molecule has 0 aromatic rings. The van der Waals surface area contributed by atoms with Crippen molar-refractivity contribution in [3.63, 3.8) is 0 Å². The average molecular weight is 201 g/mol. The average Bonchev–Trinajstić information content (AvgIpc) is 2.10. The van der Waals surface area contributed by atoms with Crippen molar-refractivity contribution in [1.82, 2.24) is 5.32 Å². The van der Waals surface area contributed by atoms with Crippen molar-refractivity contribution in [2.75, 3.05) is 5.75 Å². The third-order valence-electron chi connectivity index (χ3n) is 2.84. The summed E-state index contributed by atoms with van der Waals surface area (Å²) in [6, 6.07) is 0.374. The molecule has 0 aliphatic carbocycles. The Morgan fingerprint density at radius 2 is 2.31 bits per heavy atom. The molecule has 0 bridgehead atoms. The molecule has 2 unspecified atom stereocenters. The number of rotatable bonds is 3. The third-order valence-corrected chi connectivity index (χ3v) is 4.37. The van der Waals surface area contributed by atoms with Gasteiger partial charge in [-0.2, -0.15) is 11.8 Å². The quantitative estimate of drug-likeness (QED) is 0.757. The van der Waals surface area contributed by atoms with E-state index in [1.807, 2.05) is 25.6 Å². The molecule has 1 amide bonds. The number of carbonyl (C=O) groups excluding carboxylic acids is 1. The number of thioether (sulfide) groups is 1. The molecule has 0 saturated carbocycles. The normalized spacial score (nSPS) is 27.5. The van der Waals surface area contributed by atoms with Crippen molar-refractivity contribution in [2.24, 2.45) is 5.92 Å². The van der Waals surface area contributed by atoms with E-state index in [2.05, 4.69) is 19.2 Å². The zero-order valence-corrected chi connectivity index (χ0v) is 9.70. The Labute approximate surface area is 84.9 Å². The summed E-state index contributed by atoms with van der Waals surface area (Å²) < 4.78 is 0.239. The zero-order valence-electron chi connectivity index (χ0n) is 8.89. The SMILES string of the molecule is CCC(C)C(=O)NC1CSC1(C)C. The molecule has 1 aliphatic rings. The van der Waals surface area contributed by atoms with Crippen LogP contribution < -0.4 is 5.32 Å². The van der Waals surface area contributed by atoms with Crippen LogP contribution in [0.2, 0.25) is 0 Å². The number of amides is 1. The van der Waals surface area contributed by atoms with Crippen LogP contribution in [0.25, 0.3) is 0 Å². The number of hydrogen-bond donors (Lipinski definition) is 1. The lowest BCUT2D eigenvalue weighted by molar-refractivity contribution is -0.125. The van der Waals surface area contributed by atoms with Crippen LogP contribution in [0.4, 0.5) is 0 Å². The van der Waals surface area contributed by atoms with Gasteiger partial charge in [0.25, 0.3) is 0 Å². The highest BCUT2D eigenvalue weighted by Gasteiger charge is 2.40. The lowest BCUT2D eigenvalue weighted by Gasteiger charge is -2.44. The molecule has 1 heterocycles. The van der Waals surface area contributed by atoms with Gasteiger partial charge in [-0.1, -0.05) is 13.8 Å². The van der Waals surface area contributed by atoms with Gasteiger partial charge in [0.2, 0.25) is 5.91 Å². The Bertz CT molecular complexity index is 203. The van der Waals surface area contributed by atoms with E-state index in [9.17, 15) is 4.79 Å². The highest BCUT2D eigenvalue weighted by molar-refractivity contribution is 8.02. The van der Waals surface area contributed by atoms with Gasteiger partial charge in [0.1, 0.15) is 0 Å². The Morgan fingerprint density at radius 1 is 1.69 bits per heavy atom. The van der Waals surface area contributed by atoms with Gasteiger partial charge < -0.3 is 5.32 Å². The Hall–Kier alpha value is -0.180. The Kier molecular flexibility index (Phi) is 3.28. The maximum absolute atomic E-state index is 11.5. The van der Waals surface area contributed by atoms with Crippen molar-refractivity contribution < 1.29 is 4.79 Å². The largest absolute Gasteiger partial charge is 0.351 e. The molecule has 0 aromatic carbocycles. The minimum Gasteiger partial charge on any atom is -0.351 e. The van der Waals surface area contributed by atoms with Gasteiger partial charge in [-0.3, -0.25) is 4.79 Å². The Balaban J connectivity index is 2.37. The molecule has 1 rings (SSSR count). The van der Waals surface area contributed by atoms with Crippen LogP contribution in [0.3, 0.4) is 0 Å². The van der Waals surface area contributed by atoms with Crippen LogP contribution in [0.1, 0.15) is 34.1 Å². The fraction of sp³-hybridized carbons (Fsp3) is 0.900. The summed E-state index contributed by atoms with van der Waals surface area (Å²) in [7, 11) is 0. The van der Waals surface area contributed by atoms with E-state index in [0.29, 0.717) is 6.04 Å². The first-order valence-electron chi connectivity index (χ1n) is 4.91. The second-order valence-corrected chi connectivity index (χ2v) is 5.96. The lowest BCUT2D eigenvalue weighted by atomic mass is 10.0. The van der Waals surface area contributed by atoms with E-state index >= 15 is 0 Å². The smallest absolute Gasteiger partial charge is 0.223 e. The second kappa shape index (κ2) is 3.91. The summed E-state index contributed by atoms with van der Waals surface area (Å²) in [6.07, 6.45) is 0.923. The predicted octanol–water partition coefficient (Wildman–Crippen LogP) is 2.04. The van der Waals surface area contributed by atoms with Crippen molar-refractivity contribution in [2.45, 2.75) is 44.9 Å². The summed E-state index contributed by atoms with van der Waals surface area (Å²) in [5.41, 5.74) is 0. The van der Waals surface area contributed by atoms with Gasteiger partial charge >= 0.3 is 0 Å². The molecule has 0 spiro atoms. The first kappa shape index (κ1) is 10.9. The molecular weight excluding hydrogens is 182 g/mol. The molecule has 3 heteroatoms. The Morgan fingerprint density at radius 3 is 2.62 bits per heavy atom. The molecule has 1 saturated heterocycles. The summed E-state index contributed by atoms with van der Waals surface area (Å²) in [5, 5.41) is 3.10. The van der Waals surface area contributed by atoms with Gasteiger partial charge in [0.05, 0.1) is 6.04 Å². The third kappa shape index (κ3) is 2.39. The minimum absolute atomic E-state index is 0.154. The second-order valence-electron chi connectivity index (χ2n) is 4.28. The molecule has 76 valence electrons. The van der Waals surface area contributed by atoms with Gasteiger partial charge in [-0.25, -0.2) is 0 Å².